The van der Waals surface area contributed by atoms with E-state index < -0.39 is 0 Å². The highest BCUT2D eigenvalue weighted by Gasteiger charge is 2.12. The second-order valence-corrected chi connectivity index (χ2v) is 4.58. The lowest BCUT2D eigenvalue weighted by Gasteiger charge is -2.04. The Labute approximate surface area is 111 Å². The van der Waals surface area contributed by atoms with E-state index in [9.17, 15) is 4.79 Å². The Morgan fingerprint density at radius 1 is 1.39 bits per heavy atom. The monoisotopic (exact) mass is 263 g/mol. The summed E-state index contributed by atoms with van der Waals surface area (Å²) in [7, 11) is 1.79. The molecule has 0 atom stereocenters. The van der Waals surface area contributed by atoms with Crippen LogP contribution in [0.5, 0.6) is 0 Å². The van der Waals surface area contributed by atoms with Crippen LogP contribution in [0.3, 0.4) is 0 Å². The van der Waals surface area contributed by atoms with E-state index in [4.69, 9.17) is 11.6 Å². The Morgan fingerprint density at radius 3 is 2.61 bits per heavy atom. The molecule has 94 valence electrons. The van der Waals surface area contributed by atoms with Crippen LogP contribution in [0.25, 0.3) is 0 Å². The SMILES string of the molecule is Cc1cn(C)nc1C(=O)NCc1ccc(Cl)cc1. The molecule has 0 saturated heterocycles. The smallest absolute Gasteiger partial charge is 0.272 e. The number of hydrogen-bond donors (Lipinski definition) is 1. The van der Waals surface area contributed by atoms with Gasteiger partial charge in [0.25, 0.3) is 5.91 Å². The highest BCUT2D eigenvalue weighted by atomic mass is 35.5. The number of aromatic nitrogens is 2. The summed E-state index contributed by atoms with van der Waals surface area (Å²) in [5, 5.41) is 7.64. The van der Waals surface area contributed by atoms with Gasteiger partial charge in [0.15, 0.2) is 5.69 Å². The molecular weight excluding hydrogens is 250 g/mol. The van der Waals surface area contributed by atoms with Crippen LogP contribution in [0.2, 0.25) is 5.02 Å². The van der Waals surface area contributed by atoms with Crippen molar-refractivity contribution in [3.05, 3.63) is 52.3 Å². The van der Waals surface area contributed by atoms with Gasteiger partial charge in [-0.05, 0) is 24.6 Å². The molecule has 1 aromatic heterocycles. The molecule has 2 aromatic rings. The van der Waals surface area contributed by atoms with Crippen LogP contribution in [0.1, 0.15) is 21.6 Å². The molecule has 1 heterocycles. The molecule has 1 amide bonds. The number of carbonyl (C=O) groups is 1. The summed E-state index contributed by atoms with van der Waals surface area (Å²) in [5.41, 5.74) is 2.33. The normalized spacial score (nSPS) is 10.4. The van der Waals surface area contributed by atoms with Crippen molar-refractivity contribution in [2.24, 2.45) is 7.05 Å². The van der Waals surface area contributed by atoms with Gasteiger partial charge in [0.05, 0.1) is 0 Å². The lowest BCUT2D eigenvalue weighted by atomic mass is 10.2. The topological polar surface area (TPSA) is 46.9 Å². The van der Waals surface area contributed by atoms with E-state index in [0.717, 1.165) is 11.1 Å². The molecular formula is C13H14ClN3O. The van der Waals surface area contributed by atoms with Crippen molar-refractivity contribution in [2.45, 2.75) is 13.5 Å². The first-order chi connectivity index (χ1) is 8.56. The number of nitrogens with zero attached hydrogens (tertiary/aromatic N) is 2. The predicted molar refractivity (Wildman–Crippen MR) is 70.6 cm³/mol. The molecule has 18 heavy (non-hydrogen) atoms. The van der Waals surface area contributed by atoms with Gasteiger partial charge in [0.1, 0.15) is 0 Å². The van der Waals surface area contributed by atoms with Crippen molar-refractivity contribution >= 4 is 17.5 Å². The Bertz CT molecular complexity index is 560. The maximum atomic E-state index is 11.9. The molecule has 0 unspecified atom stereocenters. The van der Waals surface area contributed by atoms with Crippen LogP contribution in [0.4, 0.5) is 0 Å². The number of amides is 1. The molecule has 0 fully saturated rings. The average molecular weight is 264 g/mol. The highest BCUT2D eigenvalue weighted by Crippen LogP contribution is 2.10. The maximum Gasteiger partial charge on any atom is 0.272 e. The Kier molecular flexibility index (Phi) is 3.67. The number of benzene rings is 1. The van der Waals surface area contributed by atoms with Crippen LogP contribution in [0, 0.1) is 6.92 Å². The predicted octanol–water partition coefficient (Wildman–Crippen LogP) is 2.31. The minimum Gasteiger partial charge on any atom is -0.347 e. The quantitative estimate of drug-likeness (QED) is 0.924. The zero-order valence-electron chi connectivity index (χ0n) is 10.3. The fraction of sp³-hybridized carbons (Fsp3) is 0.231. The van der Waals surface area contributed by atoms with Gasteiger partial charge in [0, 0.05) is 30.4 Å². The van der Waals surface area contributed by atoms with E-state index in [1.165, 1.54) is 0 Å². The minimum absolute atomic E-state index is 0.164. The molecule has 1 aromatic carbocycles. The van der Waals surface area contributed by atoms with Crippen molar-refractivity contribution in [2.75, 3.05) is 0 Å². The van der Waals surface area contributed by atoms with E-state index in [1.54, 1.807) is 23.9 Å². The largest absolute Gasteiger partial charge is 0.347 e. The number of carbonyl (C=O) groups excluding carboxylic acids is 1. The number of rotatable bonds is 3. The average Bonchev–Trinajstić information content (AvgIpc) is 2.67. The Balaban J connectivity index is 2.00. The van der Waals surface area contributed by atoms with Crippen molar-refractivity contribution in [1.29, 1.82) is 0 Å². The molecule has 0 bridgehead atoms. The molecule has 0 aliphatic rings. The lowest BCUT2D eigenvalue weighted by Crippen LogP contribution is -2.24. The minimum atomic E-state index is -0.164. The van der Waals surface area contributed by atoms with Crippen LogP contribution >= 0.6 is 11.6 Å². The summed E-state index contributed by atoms with van der Waals surface area (Å²) in [4.78, 5) is 11.9. The summed E-state index contributed by atoms with van der Waals surface area (Å²) < 4.78 is 1.63. The number of halogens is 1. The summed E-state index contributed by atoms with van der Waals surface area (Å²) in [6, 6.07) is 7.37. The third kappa shape index (κ3) is 2.90. The first-order valence-electron chi connectivity index (χ1n) is 5.59. The van der Waals surface area contributed by atoms with Crippen molar-refractivity contribution in [3.63, 3.8) is 0 Å². The third-order valence-corrected chi connectivity index (χ3v) is 2.85. The van der Waals surface area contributed by atoms with E-state index in [2.05, 4.69) is 10.4 Å². The fourth-order valence-corrected chi connectivity index (χ4v) is 1.83. The number of hydrogen-bond acceptors (Lipinski definition) is 2. The van der Waals surface area contributed by atoms with Gasteiger partial charge >= 0.3 is 0 Å². The summed E-state index contributed by atoms with van der Waals surface area (Å²) in [6.45, 7) is 2.33. The molecule has 1 N–H and O–H groups in total. The van der Waals surface area contributed by atoms with Crippen LogP contribution in [-0.2, 0) is 13.6 Å². The van der Waals surface area contributed by atoms with Gasteiger partial charge in [-0.2, -0.15) is 5.10 Å². The highest BCUT2D eigenvalue weighted by molar-refractivity contribution is 6.30. The van der Waals surface area contributed by atoms with E-state index in [1.807, 2.05) is 25.3 Å². The van der Waals surface area contributed by atoms with Gasteiger partial charge < -0.3 is 5.32 Å². The van der Waals surface area contributed by atoms with Gasteiger partial charge in [-0.3, -0.25) is 9.48 Å². The molecule has 5 heteroatoms. The van der Waals surface area contributed by atoms with Gasteiger partial charge in [-0.15, -0.1) is 0 Å². The van der Waals surface area contributed by atoms with Gasteiger partial charge in [0.2, 0.25) is 0 Å². The Hall–Kier alpha value is -1.81. The standard InChI is InChI=1S/C13H14ClN3O/c1-9-8-17(2)16-12(9)13(18)15-7-10-3-5-11(14)6-4-10/h3-6,8H,7H2,1-2H3,(H,15,18). The van der Waals surface area contributed by atoms with Gasteiger partial charge in [-0.1, -0.05) is 23.7 Å². The van der Waals surface area contributed by atoms with Crippen molar-refractivity contribution in [3.8, 4) is 0 Å². The molecule has 0 saturated carbocycles. The zero-order chi connectivity index (χ0) is 13.1. The Morgan fingerprint density at radius 2 is 2.06 bits per heavy atom. The molecule has 4 nitrogen and oxygen atoms in total. The van der Waals surface area contributed by atoms with Crippen molar-refractivity contribution in [1.82, 2.24) is 15.1 Å². The summed E-state index contributed by atoms with van der Waals surface area (Å²) in [6.07, 6.45) is 1.82. The van der Waals surface area contributed by atoms with Crippen LogP contribution < -0.4 is 5.32 Å². The molecule has 2 rings (SSSR count). The molecule has 0 radical (unpaired) electrons. The molecule has 0 aliphatic heterocycles. The zero-order valence-corrected chi connectivity index (χ0v) is 11.0. The number of nitrogens with one attached hydrogen (secondary N) is 1. The first-order valence-corrected chi connectivity index (χ1v) is 5.97. The maximum absolute atomic E-state index is 11.9. The van der Waals surface area contributed by atoms with E-state index in [0.29, 0.717) is 17.3 Å². The second kappa shape index (κ2) is 5.23. The van der Waals surface area contributed by atoms with Crippen LogP contribution in [0.15, 0.2) is 30.5 Å². The van der Waals surface area contributed by atoms with Gasteiger partial charge in [-0.25, -0.2) is 0 Å². The first kappa shape index (κ1) is 12.6. The van der Waals surface area contributed by atoms with Crippen molar-refractivity contribution < 1.29 is 4.79 Å². The van der Waals surface area contributed by atoms with Crippen LogP contribution in [-0.4, -0.2) is 15.7 Å². The molecule has 0 aliphatic carbocycles. The fourth-order valence-electron chi connectivity index (χ4n) is 1.70. The summed E-state index contributed by atoms with van der Waals surface area (Å²) in [5.74, 6) is -0.164. The lowest BCUT2D eigenvalue weighted by molar-refractivity contribution is 0.0944. The number of aryl methyl sites for hydroxylation is 2. The third-order valence-electron chi connectivity index (χ3n) is 2.59. The molecule has 0 spiro atoms. The summed E-state index contributed by atoms with van der Waals surface area (Å²) >= 11 is 5.79. The second-order valence-electron chi connectivity index (χ2n) is 4.14. The van der Waals surface area contributed by atoms with E-state index >= 15 is 0 Å². The van der Waals surface area contributed by atoms with E-state index in [-0.39, 0.29) is 5.91 Å².